The van der Waals surface area contributed by atoms with Crippen LogP contribution in [0.25, 0.3) is 0 Å². The zero-order valence-electron chi connectivity index (χ0n) is 11.9. The van der Waals surface area contributed by atoms with Gasteiger partial charge < -0.3 is 9.47 Å². The highest BCUT2D eigenvalue weighted by Crippen LogP contribution is 2.55. The van der Waals surface area contributed by atoms with Crippen LogP contribution >= 0.6 is 23.2 Å². The Balaban J connectivity index is 2.10. The normalized spacial score (nSPS) is 23.8. The molecular formula is C15H14Cl2F2O3. The second-order valence-corrected chi connectivity index (χ2v) is 6.43. The molecule has 1 aliphatic rings. The summed E-state index contributed by atoms with van der Waals surface area (Å²) in [5.74, 6) is -0.443. The van der Waals surface area contributed by atoms with Crippen LogP contribution in [0.2, 0.25) is 5.02 Å². The molecule has 1 fully saturated rings. The van der Waals surface area contributed by atoms with Crippen molar-refractivity contribution in [3.05, 3.63) is 40.4 Å². The maximum Gasteiger partial charge on any atom is 0.437 e. The molecule has 0 radical (unpaired) electrons. The average Bonchev–Trinajstić information content (AvgIpc) is 2.93. The summed E-state index contributed by atoms with van der Waals surface area (Å²) in [6, 6.07) is 5.50. The van der Waals surface area contributed by atoms with E-state index in [9.17, 15) is 13.6 Å². The first-order valence-corrected chi connectivity index (χ1v) is 7.23. The van der Waals surface area contributed by atoms with Gasteiger partial charge in [-0.3, -0.25) is 4.79 Å². The van der Waals surface area contributed by atoms with Crippen LogP contribution in [-0.4, -0.2) is 18.7 Å². The summed E-state index contributed by atoms with van der Waals surface area (Å²) in [5, 5.41) is -0.344. The van der Waals surface area contributed by atoms with Gasteiger partial charge in [0.1, 0.15) is 16.9 Å². The lowest BCUT2D eigenvalue weighted by molar-refractivity contribution is -0.136. The first kappa shape index (κ1) is 17.0. The van der Waals surface area contributed by atoms with Gasteiger partial charge in [0.25, 0.3) is 6.47 Å². The van der Waals surface area contributed by atoms with Crippen LogP contribution in [0.3, 0.4) is 0 Å². The van der Waals surface area contributed by atoms with Gasteiger partial charge in [0.15, 0.2) is 0 Å². The quantitative estimate of drug-likeness (QED) is 0.701. The number of rotatable bonds is 6. The van der Waals surface area contributed by atoms with Crippen LogP contribution in [-0.2, 0) is 9.53 Å². The Hall–Kier alpha value is -1.33. The van der Waals surface area contributed by atoms with E-state index in [1.54, 1.807) is 13.8 Å². The summed E-state index contributed by atoms with van der Waals surface area (Å²) in [6.45, 7) is 3.89. The first-order valence-electron chi connectivity index (χ1n) is 6.48. The summed E-state index contributed by atoms with van der Waals surface area (Å²) >= 11 is 11.4. The molecule has 0 spiro atoms. The van der Waals surface area contributed by atoms with E-state index in [-0.39, 0.29) is 11.7 Å². The summed E-state index contributed by atoms with van der Waals surface area (Å²) in [4.78, 5) is 10.4. The highest BCUT2D eigenvalue weighted by Gasteiger charge is 2.60. The van der Waals surface area contributed by atoms with Gasteiger partial charge in [0.2, 0.25) is 0 Å². The second-order valence-electron chi connectivity index (χ2n) is 5.59. The van der Waals surface area contributed by atoms with Gasteiger partial charge in [-0.1, -0.05) is 43.1 Å². The predicted molar refractivity (Wildman–Crippen MR) is 79.2 cm³/mol. The summed E-state index contributed by atoms with van der Waals surface area (Å²) < 4.78 is 37.4. The van der Waals surface area contributed by atoms with Crippen molar-refractivity contribution in [2.24, 2.45) is 11.3 Å². The fourth-order valence-corrected chi connectivity index (χ4v) is 2.51. The Morgan fingerprint density at radius 2 is 1.91 bits per heavy atom. The number of hydrogen-bond acceptors (Lipinski definition) is 3. The molecule has 120 valence electrons. The van der Waals surface area contributed by atoms with E-state index < -0.39 is 22.7 Å². The third-order valence-electron chi connectivity index (χ3n) is 3.68. The molecule has 7 heteroatoms. The van der Waals surface area contributed by atoms with Crippen LogP contribution in [0.1, 0.15) is 13.8 Å². The minimum Gasteiger partial charge on any atom is -0.463 e. The highest BCUT2D eigenvalue weighted by molar-refractivity contribution is 6.30. The third kappa shape index (κ3) is 3.52. The van der Waals surface area contributed by atoms with Crippen molar-refractivity contribution in [1.29, 1.82) is 0 Å². The van der Waals surface area contributed by atoms with E-state index in [1.807, 2.05) is 0 Å². The van der Waals surface area contributed by atoms with E-state index in [0.717, 1.165) is 0 Å². The summed E-state index contributed by atoms with van der Waals surface area (Å²) in [5.41, 5.74) is -0.433. The molecule has 1 aromatic rings. The third-order valence-corrected chi connectivity index (χ3v) is 4.27. The maximum atomic E-state index is 14.0. The minimum atomic E-state index is -3.68. The van der Waals surface area contributed by atoms with Gasteiger partial charge in [0.05, 0.1) is 0 Å². The Kier molecular flexibility index (Phi) is 4.68. The summed E-state index contributed by atoms with van der Waals surface area (Å²) in [7, 11) is 0. The lowest BCUT2D eigenvalue weighted by atomic mass is 10.1. The van der Waals surface area contributed by atoms with Crippen LogP contribution in [0.5, 0.6) is 5.75 Å². The maximum absolute atomic E-state index is 14.0. The number of benzene rings is 1. The fourth-order valence-electron chi connectivity index (χ4n) is 2.21. The summed E-state index contributed by atoms with van der Waals surface area (Å²) in [6.07, 6.45) is -2.98. The molecular weight excluding hydrogens is 337 g/mol. The van der Waals surface area contributed by atoms with Gasteiger partial charge in [-0.2, -0.15) is 8.78 Å². The largest absolute Gasteiger partial charge is 0.463 e. The standard InChI is InChI=1S/C15H14Cl2F2O3/c1-14(2)11(13(14)21-8-20)7-12(17)15(18,19)22-10-5-3-9(16)4-6-10/h3-8,11,13H,1-2H3/b12-7+. The second kappa shape index (κ2) is 6.05. The number of carbonyl (C=O) groups is 1. The van der Waals surface area contributed by atoms with Crippen LogP contribution < -0.4 is 4.74 Å². The molecule has 0 aromatic heterocycles. The SMILES string of the molecule is CC1(C)C(/C=C(/Cl)C(F)(F)Oc2ccc(Cl)cc2)C1OC=O. The molecule has 1 aliphatic carbocycles. The van der Waals surface area contributed by atoms with Gasteiger partial charge in [-0.05, 0) is 24.3 Å². The van der Waals surface area contributed by atoms with Gasteiger partial charge in [-0.15, -0.1) is 0 Å². The van der Waals surface area contributed by atoms with Crippen molar-refractivity contribution in [2.45, 2.75) is 26.1 Å². The molecule has 0 aliphatic heterocycles. The molecule has 2 atom stereocenters. The minimum absolute atomic E-state index is 0.0586. The Morgan fingerprint density at radius 3 is 2.45 bits per heavy atom. The van der Waals surface area contributed by atoms with Crippen LogP contribution in [0.15, 0.2) is 35.4 Å². The lowest BCUT2D eigenvalue weighted by Gasteiger charge is -2.17. The van der Waals surface area contributed by atoms with Crippen LogP contribution in [0, 0.1) is 11.3 Å². The number of halogens is 4. The molecule has 1 saturated carbocycles. The van der Waals surface area contributed by atoms with Gasteiger partial charge in [0, 0.05) is 16.4 Å². The highest BCUT2D eigenvalue weighted by atomic mass is 35.5. The smallest absolute Gasteiger partial charge is 0.437 e. The van der Waals surface area contributed by atoms with Crippen LogP contribution in [0.4, 0.5) is 8.78 Å². The van der Waals surface area contributed by atoms with Gasteiger partial charge in [-0.25, -0.2) is 0 Å². The Labute approximate surface area is 136 Å². The first-order chi connectivity index (χ1) is 10.2. The van der Waals surface area contributed by atoms with E-state index in [0.29, 0.717) is 11.5 Å². The average molecular weight is 351 g/mol. The molecule has 22 heavy (non-hydrogen) atoms. The van der Waals surface area contributed by atoms with E-state index in [1.165, 1.54) is 30.3 Å². The van der Waals surface area contributed by atoms with Crippen molar-refractivity contribution in [1.82, 2.24) is 0 Å². The van der Waals surface area contributed by atoms with Crippen molar-refractivity contribution >= 4 is 29.7 Å². The Bertz CT molecular complexity index is 585. The lowest BCUT2D eigenvalue weighted by Crippen LogP contribution is -2.25. The molecule has 3 nitrogen and oxygen atoms in total. The Morgan fingerprint density at radius 1 is 1.32 bits per heavy atom. The van der Waals surface area contributed by atoms with Gasteiger partial charge >= 0.3 is 6.11 Å². The molecule has 2 unspecified atom stereocenters. The zero-order chi connectivity index (χ0) is 16.5. The molecule has 0 saturated heterocycles. The monoisotopic (exact) mass is 350 g/mol. The van der Waals surface area contributed by atoms with E-state index >= 15 is 0 Å². The molecule has 0 bridgehead atoms. The van der Waals surface area contributed by atoms with E-state index in [2.05, 4.69) is 4.74 Å². The molecule has 0 N–H and O–H groups in total. The van der Waals surface area contributed by atoms with Crippen molar-refractivity contribution in [3.8, 4) is 5.75 Å². The fraction of sp³-hybridized carbons (Fsp3) is 0.400. The molecule has 0 amide bonds. The van der Waals surface area contributed by atoms with Crippen molar-refractivity contribution in [3.63, 3.8) is 0 Å². The predicted octanol–water partition coefficient (Wildman–Crippen LogP) is 4.63. The molecule has 1 aromatic carbocycles. The number of carbonyl (C=O) groups excluding carboxylic acids is 1. The molecule has 2 rings (SSSR count). The van der Waals surface area contributed by atoms with E-state index in [4.69, 9.17) is 27.9 Å². The molecule has 0 heterocycles. The topological polar surface area (TPSA) is 35.5 Å². The number of alkyl halides is 2. The van der Waals surface area contributed by atoms with Crippen molar-refractivity contribution < 1.29 is 23.0 Å². The zero-order valence-corrected chi connectivity index (χ0v) is 13.4. The van der Waals surface area contributed by atoms with Crippen molar-refractivity contribution in [2.75, 3.05) is 0 Å². The number of hydrogen-bond donors (Lipinski definition) is 0. The number of ether oxygens (including phenoxy) is 2.